The molecule has 0 atom stereocenters. The van der Waals surface area contributed by atoms with E-state index in [1.165, 1.54) is 0 Å². The number of carbonyl (C=O) groups is 1. The maximum absolute atomic E-state index is 12.7. The summed E-state index contributed by atoms with van der Waals surface area (Å²) in [6.07, 6.45) is 0. The zero-order valence-corrected chi connectivity index (χ0v) is 19.4. The van der Waals surface area contributed by atoms with E-state index in [1.54, 1.807) is 33.5 Å². The fraction of sp³-hybridized carbons (Fsp3) is 0.458. The summed E-state index contributed by atoms with van der Waals surface area (Å²) in [5.41, 5.74) is 2.23. The number of nitrogens with zero attached hydrogens (tertiary/aromatic N) is 1. The number of rotatable bonds is 12. The van der Waals surface area contributed by atoms with Gasteiger partial charge in [-0.2, -0.15) is 0 Å². The fourth-order valence-corrected chi connectivity index (χ4v) is 3.27. The number of methoxy groups -OCH3 is 3. The molecule has 0 heterocycles. The number of nitrogens with one attached hydrogen (secondary N) is 1. The lowest BCUT2D eigenvalue weighted by atomic mass is 10.1. The number of ether oxygens (including phenoxy) is 4. The predicted octanol–water partition coefficient (Wildman–Crippen LogP) is 3.67. The predicted molar refractivity (Wildman–Crippen MR) is 122 cm³/mol. The molecule has 2 aromatic rings. The van der Waals surface area contributed by atoms with Gasteiger partial charge in [-0.25, -0.2) is 0 Å². The molecule has 0 aromatic heterocycles. The molecule has 0 saturated carbocycles. The smallest absolute Gasteiger partial charge is 0.251 e. The van der Waals surface area contributed by atoms with Gasteiger partial charge in [0.25, 0.3) is 5.91 Å². The van der Waals surface area contributed by atoms with Crippen molar-refractivity contribution in [2.75, 3.05) is 47.6 Å². The van der Waals surface area contributed by atoms with Gasteiger partial charge in [0.1, 0.15) is 18.1 Å². The van der Waals surface area contributed by atoms with Gasteiger partial charge in [-0.3, -0.25) is 4.79 Å². The molecule has 2 aromatic carbocycles. The summed E-state index contributed by atoms with van der Waals surface area (Å²) in [4.78, 5) is 15.0. The Bertz CT molecular complexity index is 840. The SMILES string of the molecule is CCN(CC)CCOc1ccc(CNC(=O)c2cc(OC)c(C)c(OC)c2)cc1OC. The molecule has 0 spiro atoms. The minimum atomic E-state index is -0.213. The van der Waals surface area contributed by atoms with Crippen molar-refractivity contribution < 1.29 is 23.7 Å². The van der Waals surface area contributed by atoms with Gasteiger partial charge in [0, 0.05) is 24.2 Å². The van der Waals surface area contributed by atoms with Crippen LogP contribution < -0.4 is 24.3 Å². The van der Waals surface area contributed by atoms with Crippen LogP contribution >= 0.6 is 0 Å². The van der Waals surface area contributed by atoms with E-state index < -0.39 is 0 Å². The van der Waals surface area contributed by atoms with Crippen LogP contribution in [0, 0.1) is 6.92 Å². The summed E-state index contributed by atoms with van der Waals surface area (Å²) in [5, 5.41) is 2.93. The van der Waals surface area contributed by atoms with Crippen molar-refractivity contribution in [3.63, 3.8) is 0 Å². The molecule has 7 nitrogen and oxygen atoms in total. The van der Waals surface area contributed by atoms with Crippen molar-refractivity contribution in [3.05, 3.63) is 47.0 Å². The van der Waals surface area contributed by atoms with E-state index in [2.05, 4.69) is 24.1 Å². The molecule has 0 aliphatic heterocycles. The summed E-state index contributed by atoms with van der Waals surface area (Å²) in [6.45, 7) is 9.95. The number of hydrogen-bond donors (Lipinski definition) is 1. The second kappa shape index (κ2) is 12.1. The van der Waals surface area contributed by atoms with Crippen LogP contribution in [-0.4, -0.2) is 58.4 Å². The first kappa shape index (κ1) is 24.3. The van der Waals surface area contributed by atoms with Crippen LogP contribution in [0.1, 0.15) is 35.3 Å². The third-order valence-corrected chi connectivity index (χ3v) is 5.26. The molecule has 0 aliphatic rings. The Morgan fingerprint density at radius 3 is 2.06 bits per heavy atom. The van der Waals surface area contributed by atoms with Crippen molar-refractivity contribution in [1.82, 2.24) is 10.2 Å². The van der Waals surface area contributed by atoms with E-state index >= 15 is 0 Å². The van der Waals surface area contributed by atoms with Gasteiger partial charge in [-0.1, -0.05) is 19.9 Å². The van der Waals surface area contributed by atoms with Crippen molar-refractivity contribution in [2.45, 2.75) is 27.3 Å². The Labute approximate surface area is 185 Å². The zero-order chi connectivity index (χ0) is 22.8. The number of amides is 1. The van der Waals surface area contributed by atoms with Crippen LogP contribution in [0.25, 0.3) is 0 Å². The maximum atomic E-state index is 12.7. The Morgan fingerprint density at radius 1 is 0.903 bits per heavy atom. The minimum Gasteiger partial charge on any atom is -0.496 e. The molecule has 31 heavy (non-hydrogen) atoms. The van der Waals surface area contributed by atoms with Crippen molar-refractivity contribution in [2.24, 2.45) is 0 Å². The lowest BCUT2D eigenvalue weighted by molar-refractivity contribution is 0.0950. The highest BCUT2D eigenvalue weighted by Crippen LogP contribution is 2.30. The van der Waals surface area contributed by atoms with Crippen LogP contribution in [0.15, 0.2) is 30.3 Å². The molecule has 0 fully saturated rings. The second-order valence-corrected chi connectivity index (χ2v) is 7.05. The first-order chi connectivity index (χ1) is 15.0. The van der Waals surface area contributed by atoms with Crippen LogP contribution in [0.4, 0.5) is 0 Å². The molecule has 0 bridgehead atoms. The largest absolute Gasteiger partial charge is 0.496 e. The molecule has 0 saturated heterocycles. The van der Waals surface area contributed by atoms with Crippen molar-refractivity contribution in [1.29, 1.82) is 0 Å². The molecule has 0 aliphatic carbocycles. The van der Waals surface area contributed by atoms with Gasteiger partial charge < -0.3 is 29.2 Å². The minimum absolute atomic E-state index is 0.213. The van der Waals surface area contributed by atoms with E-state index in [4.69, 9.17) is 18.9 Å². The normalized spacial score (nSPS) is 10.7. The Morgan fingerprint density at radius 2 is 1.52 bits per heavy atom. The molecule has 0 unspecified atom stereocenters. The van der Waals surface area contributed by atoms with Gasteiger partial charge in [0.2, 0.25) is 0 Å². The third-order valence-electron chi connectivity index (χ3n) is 5.26. The molecule has 1 N–H and O–H groups in total. The molecule has 0 radical (unpaired) electrons. The molecule has 2 rings (SSSR count). The van der Waals surface area contributed by atoms with Gasteiger partial charge in [-0.05, 0) is 49.8 Å². The van der Waals surface area contributed by atoms with E-state index in [9.17, 15) is 4.79 Å². The molecule has 1 amide bonds. The highest BCUT2D eigenvalue weighted by molar-refractivity contribution is 5.95. The maximum Gasteiger partial charge on any atom is 0.251 e. The lowest BCUT2D eigenvalue weighted by Gasteiger charge is -2.19. The molecular weight excluding hydrogens is 396 g/mol. The second-order valence-electron chi connectivity index (χ2n) is 7.05. The highest BCUT2D eigenvalue weighted by Gasteiger charge is 2.14. The summed E-state index contributed by atoms with van der Waals surface area (Å²) in [7, 11) is 4.75. The number of benzene rings is 2. The van der Waals surface area contributed by atoms with Gasteiger partial charge in [0.15, 0.2) is 11.5 Å². The molecular formula is C24H34N2O5. The monoisotopic (exact) mass is 430 g/mol. The van der Waals surface area contributed by atoms with Crippen LogP contribution in [0.5, 0.6) is 23.0 Å². The highest BCUT2D eigenvalue weighted by atomic mass is 16.5. The average molecular weight is 431 g/mol. The van der Waals surface area contributed by atoms with E-state index in [0.29, 0.717) is 41.7 Å². The Kier molecular flexibility index (Phi) is 9.46. The van der Waals surface area contributed by atoms with Crippen LogP contribution in [0.2, 0.25) is 0 Å². The van der Waals surface area contributed by atoms with Gasteiger partial charge in [-0.15, -0.1) is 0 Å². The van der Waals surface area contributed by atoms with E-state index in [1.807, 2.05) is 25.1 Å². The standard InChI is InChI=1S/C24H34N2O5/c1-7-26(8-2)11-12-31-20-10-9-18(13-23(20)30-6)16-25-24(27)19-14-21(28-4)17(3)22(15-19)29-5/h9-10,13-15H,7-8,11-12,16H2,1-6H3,(H,25,27). The number of likely N-dealkylation sites (N-methyl/N-ethyl adjacent to an activating group) is 1. The first-order valence-electron chi connectivity index (χ1n) is 10.5. The first-order valence-corrected chi connectivity index (χ1v) is 10.5. The molecule has 170 valence electrons. The van der Waals surface area contributed by atoms with Crippen molar-refractivity contribution in [3.8, 4) is 23.0 Å². The average Bonchev–Trinajstić information content (AvgIpc) is 2.80. The number of hydrogen-bond acceptors (Lipinski definition) is 6. The van der Waals surface area contributed by atoms with Crippen molar-refractivity contribution >= 4 is 5.91 Å². The number of carbonyl (C=O) groups excluding carboxylic acids is 1. The molecule has 7 heteroatoms. The lowest BCUT2D eigenvalue weighted by Crippen LogP contribution is -2.28. The quantitative estimate of drug-likeness (QED) is 0.554. The van der Waals surface area contributed by atoms with E-state index in [0.717, 1.165) is 30.8 Å². The Balaban J connectivity index is 2.03. The van der Waals surface area contributed by atoms with Gasteiger partial charge in [0.05, 0.1) is 21.3 Å². The van der Waals surface area contributed by atoms with Crippen LogP contribution in [-0.2, 0) is 6.54 Å². The van der Waals surface area contributed by atoms with Gasteiger partial charge >= 0.3 is 0 Å². The fourth-order valence-electron chi connectivity index (χ4n) is 3.27. The summed E-state index contributed by atoms with van der Waals surface area (Å²) in [6, 6.07) is 9.09. The Hall–Kier alpha value is -2.93. The van der Waals surface area contributed by atoms with Crippen LogP contribution in [0.3, 0.4) is 0 Å². The topological polar surface area (TPSA) is 69.3 Å². The third kappa shape index (κ3) is 6.52. The summed E-state index contributed by atoms with van der Waals surface area (Å²) < 4.78 is 22.1. The zero-order valence-electron chi connectivity index (χ0n) is 19.4. The summed E-state index contributed by atoms with van der Waals surface area (Å²) >= 11 is 0. The summed E-state index contributed by atoms with van der Waals surface area (Å²) in [5.74, 6) is 2.34. The van der Waals surface area contributed by atoms with E-state index in [-0.39, 0.29) is 5.91 Å².